The van der Waals surface area contributed by atoms with E-state index >= 15 is 0 Å². The zero-order valence-electron chi connectivity index (χ0n) is 13.0. The monoisotopic (exact) mass is 347 g/mol. The highest BCUT2D eigenvalue weighted by Gasteiger charge is 2.31. The first-order chi connectivity index (χ1) is 11.3. The van der Waals surface area contributed by atoms with Crippen LogP contribution < -0.4 is 21.1 Å². The van der Waals surface area contributed by atoms with Gasteiger partial charge in [-0.1, -0.05) is 24.6 Å². The Bertz CT molecular complexity index is 550. The summed E-state index contributed by atoms with van der Waals surface area (Å²) in [6.45, 7) is 0.396. The summed E-state index contributed by atoms with van der Waals surface area (Å²) in [6.07, 6.45) is -2.51. The predicted molar refractivity (Wildman–Crippen MR) is 81.0 cm³/mol. The Hall–Kier alpha value is -2.45. The van der Waals surface area contributed by atoms with Crippen LogP contribution in [-0.4, -0.2) is 24.8 Å². The summed E-state index contributed by atoms with van der Waals surface area (Å²) in [7, 11) is 0. The van der Waals surface area contributed by atoms with E-state index in [0.29, 0.717) is 19.4 Å². The van der Waals surface area contributed by atoms with Crippen molar-refractivity contribution in [3.05, 3.63) is 29.8 Å². The summed E-state index contributed by atoms with van der Waals surface area (Å²) in [5.74, 6) is -0.595. The van der Waals surface area contributed by atoms with E-state index in [4.69, 9.17) is 5.73 Å². The van der Waals surface area contributed by atoms with Gasteiger partial charge >= 0.3 is 12.4 Å². The number of amides is 3. The quantitative estimate of drug-likeness (QED) is 0.599. The van der Waals surface area contributed by atoms with Crippen molar-refractivity contribution in [1.29, 1.82) is 0 Å². The van der Waals surface area contributed by atoms with E-state index in [-0.39, 0.29) is 30.2 Å². The second kappa shape index (κ2) is 9.64. The number of hydrogen-bond acceptors (Lipinski definition) is 3. The molecule has 9 heteroatoms. The fraction of sp³-hybridized carbons (Fsp3) is 0.467. The first-order valence-electron chi connectivity index (χ1n) is 7.41. The maximum atomic E-state index is 12.3. The lowest BCUT2D eigenvalue weighted by Crippen LogP contribution is -2.30. The van der Waals surface area contributed by atoms with Crippen LogP contribution in [0.5, 0.6) is 5.75 Å². The van der Waals surface area contributed by atoms with Crippen molar-refractivity contribution in [1.82, 2.24) is 10.6 Å². The fourth-order valence-electron chi connectivity index (χ4n) is 1.96. The Morgan fingerprint density at radius 3 is 2.46 bits per heavy atom. The smallest absolute Gasteiger partial charge is 0.405 e. The number of ether oxygens (including phenoxy) is 1. The van der Waals surface area contributed by atoms with E-state index in [9.17, 15) is 22.8 Å². The summed E-state index contributed by atoms with van der Waals surface area (Å²) < 4.78 is 40.8. The van der Waals surface area contributed by atoms with Gasteiger partial charge in [0.15, 0.2) is 0 Å². The van der Waals surface area contributed by atoms with E-state index in [1.807, 2.05) is 0 Å². The maximum Gasteiger partial charge on any atom is 0.573 e. The minimum Gasteiger partial charge on any atom is -0.405 e. The van der Waals surface area contributed by atoms with Crippen LogP contribution in [-0.2, 0) is 11.3 Å². The van der Waals surface area contributed by atoms with Crippen LogP contribution in [0.3, 0.4) is 0 Å². The highest BCUT2D eigenvalue weighted by atomic mass is 19.4. The SMILES string of the molecule is NC(=O)NCCCCCC(=O)NCc1ccccc1OC(F)(F)F. The van der Waals surface area contributed by atoms with Crippen molar-refractivity contribution in [3.8, 4) is 5.75 Å². The highest BCUT2D eigenvalue weighted by Crippen LogP contribution is 2.26. The molecule has 24 heavy (non-hydrogen) atoms. The Labute approximate surface area is 137 Å². The lowest BCUT2D eigenvalue weighted by Gasteiger charge is -2.13. The van der Waals surface area contributed by atoms with Crippen LogP contribution >= 0.6 is 0 Å². The second-order valence-electron chi connectivity index (χ2n) is 5.03. The number of urea groups is 1. The van der Waals surface area contributed by atoms with Crippen molar-refractivity contribution < 1.29 is 27.5 Å². The van der Waals surface area contributed by atoms with Gasteiger partial charge in [-0.25, -0.2) is 4.79 Å². The van der Waals surface area contributed by atoms with Gasteiger partial charge in [0.25, 0.3) is 0 Å². The van der Waals surface area contributed by atoms with E-state index in [1.54, 1.807) is 6.07 Å². The van der Waals surface area contributed by atoms with E-state index in [0.717, 1.165) is 6.42 Å². The molecule has 1 aromatic carbocycles. The molecule has 134 valence electrons. The minimum atomic E-state index is -4.78. The average molecular weight is 347 g/mol. The molecular weight excluding hydrogens is 327 g/mol. The minimum absolute atomic E-state index is 0.0473. The number of benzene rings is 1. The van der Waals surface area contributed by atoms with Crippen LogP contribution in [0.15, 0.2) is 24.3 Å². The van der Waals surface area contributed by atoms with Gasteiger partial charge in [0, 0.05) is 25.1 Å². The molecule has 0 aliphatic heterocycles. The third-order valence-corrected chi connectivity index (χ3v) is 3.05. The molecule has 3 amide bonds. The van der Waals surface area contributed by atoms with Gasteiger partial charge in [0.1, 0.15) is 5.75 Å². The average Bonchev–Trinajstić information content (AvgIpc) is 2.48. The Balaban J connectivity index is 2.31. The number of halogens is 3. The normalized spacial score (nSPS) is 11.0. The largest absolute Gasteiger partial charge is 0.573 e. The number of hydrogen-bond donors (Lipinski definition) is 3. The number of nitrogens with one attached hydrogen (secondary N) is 2. The molecule has 0 heterocycles. The van der Waals surface area contributed by atoms with Crippen LogP contribution in [0, 0.1) is 0 Å². The summed E-state index contributed by atoms with van der Waals surface area (Å²) in [6, 6.07) is 5.05. The fourth-order valence-corrected chi connectivity index (χ4v) is 1.96. The first-order valence-corrected chi connectivity index (χ1v) is 7.41. The van der Waals surface area contributed by atoms with Gasteiger partial charge in [-0.05, 0) is 18.9 Å². The van der Waals surface area contributed by atoms with Gasteiger partial charge in [-0.2, -0.15) is 0 Å². The third kappa shape index (κ3) is 8.86. The van der Waals surface area contributed by atoms with Crippen molar-refractivity contribution in [2.45, 2.75) is 38.6 Å². The number of primary amides is 1. The van der Waals surface area contributed by atoms with Crippen molar-refractivity contribution in [3.63, 3.8) is 0 Å². The van der Waals surface area contributed by atoms with Crippen LogP contribution in [0.1, 0.15) is 31.2 Å². The molecule has 0 aromatic heterocycles. The molecule has 0 saturated heterocycles. The zero-order chi connectivity index (χ0) is 18.0. The van der Waals surface area contributed by atoms with Crippen LogP contribution in [0.25, 0.3) is 0 Å². The molecular formula is C15H20F3N3O3. The molecule has 0 aliphatic carbocycles. The number of carbonyl (C=O) groups excluding carboxylic acids is 2. The van der Waals surface area contributed by atoms with E-state index in [1.165, 1.54) is 18.2 Å². The zero-order valence-corrected chi connectivity index (χ0v) is 13.0. The predicted octanol–water partition coefficient (Wildman–Crippen LogP) is 2.43. The number of rotatable bonds is 9. The summed E-state index contributed by atoms with van der Waals surface area (Å²) in [5.41, 5.74) is 5.15. The van der Waals surface area contributed by atoms with E-state index < -0.39 is 12.4 Å². The number of unbranched alkanes of at least 4 members (excludes halogenated alkanes) is 2. The molecule has 0 aliphatic rings. The second-order valence-corrected chi connectivity index (χ2v) is 5.03. The van der Waals surface area contributed by atoms with Crippen molar-refractivity contribution >= 4 is 11.9 Å². The third-order valence-electron chi connectivity index (χ3n) is 3.05. The molecule has 0 saturated carbocycles. The molecule has 0 spiro atoms. The lowest BCUT2D eigenvalue weighted by molar-refractivity contribution is -0.274. The summed E-state index contributed by atoms with van der Waals surface area (Å²) >= 11 is 0. The van der Waals surface area contributed by atoms with Gasteiger partial charge in [0.05, 0.1) is 0 Å². The molecule has 0 fully saturated rings. The highest BCUT2D eigenvalue weighted by molar-refractivity contribution is 5.75. The van der Waals surface area contributed by atoms with Crippen molar-refractivity contribution in [2.75, 3.05) is 6.54 Å². The molecule has 0 bridgehead atoms. The topological polar surface area (TPSA) is 93.5 Å². The molecule has 1 aromatic rings. The van der Waals surface area contributed by atoms with Gasteiger partial charge in [-0.15, -0.1) is 13.2 Å². The molecule has 1 rings (SSSR count). The number of carbonyl (C=O) groups is 2. The summed E-state index contributed by atoms with van der Waals surface area (Å²) in [4.78, 5) is 22.1. The Morgan fingerprint density at radius 2 is 1.79 bits per heavy atom. The van der Waals surface area contributed by atoms with Gasteiger partial charge in [0.2, 0.25) is 5.91 Å². The molecule has 4 N–H and O–H groups in total. The number of nitrogens with two attached hydrogens (primary N) is 1. The first kappa shape index (κ1) is 19.6. The van der Waals surface area contributed by atoms with E-state index in [2.05, 4.69) is 15.4 Å². The number of para-hydroxylation sites is 1. The van der Waals surface area contributed by atoms with Crippen molar-refractivity contribution in [2.24, 2.45) is 5.73 Å². The van der Waals surface area contributed by atoms with Crippen LogP contribution in [0.2, 0.25) is 0 Å². The molecule has 6 nitrogen and oxygen atoms in total. The molecule has 0 radical (unpaired) electrons. The maximum absolute atomic E-state index is 12.3. The Morgan fingerprint density at radius 1 is 1.08 bits per heavy atom. The molecule has 0 unspecified atom stereocenters. The standard InChI is InChI=1S/C15H20F3N3O3/c16-15(17,18)24-12-7-4-3-6-11(12)10-21-13(22)8-2-1-5-9-20-14(19)23/h3-4,6-7H,1-2,5,8-10H2,(H,21,22)(H3,19,20,23). The van der Waals surface area contributed by atoms with Gasteiger partial charge in [-0.3, -0.25) is 4.79 Å². The van der Waals surface area contributed by atoms with Crippen LogP contribution in [0.4, 0.5) is 18.0 Å². The lowest BCUT2D eigenvalue weighted by atomic mass is 10.1. The summed E-state index contributed by atoms with van der Waals surface area (Å²) in [5, 5.41) is 5.00. The Kier molecular flexibility index (Phi) is 7.87. The molecule has 0 atom stereocenters. The van der Waals surface area contributed by atoms with Gasteiger partial charge < -0.3 is 21.1 Å². The number of alkyl halides is 3.